The van der Waals surface area contributed by atoms with Gasteiger partial charge in [-0.1, -0.05) is 6.07 Å². The molecule has 0 spiro atoms. The van der Waals surface area contributed by atoms with Gasteiger partial charge in [-0.25, -0.2) is 9.97 Å². The summed E-state index contributed by atoms with van der Waals surface area (Å²) >= 11 is 1.82. The third-order valence-corrected chi connectivity index (χ3v) is 4.88. The summed E-state index contributed by atoms with van der Waals surface area (Å²) in [5.41, 5.74) is 0.895. The zero-order chi connectivity index (χ0) is 13.5. The molecular formula is C14H15N5S. The second kappa shape index (κ2) is 4.56. The SMILES string of the molecule is Cn1ncc2c(N3CCC[C@@H]3c3cccs3)ncnc21. The largest absolute Gasteiger partial charge is 0.348 e. The van der Waals surface area contributed by atoms with E-state index in [4.69, 9.17) is 0 Å². The molecule has 5 nitrogen and oxygen atoms in total. The zero-order valence-corrected chi connectivity index (χ0v) is 12.0. The summed E-state index contributed by atoms with van der Waals surface area (Å²) in [6.45, 7) is 1.05. The van der Waals surface area contributed by atoms with Gasteiger partial charge in [-0.3, -0.25) is 4.68 Å². The quantitative estimate of drug-likeness (QED) is 0.726. The molecule has 20 heavy (non-hydrogen) atoms. The number of thiophene rings is 1. The molecule has 102 valence electrons. The molecule has 4 heterocycles. The van der Waals surface area contributed by atoms with E-state index in [2.05, 4.69) is 37.5 Å². The fraction of sp³-hybridized carbons (Fsp3) is 0.357. The first kappa shape index (κ1) is 11.8. The lowest BCUT2D eigenvalue weighted by Crippen LogP contribution is -2.23. The van der Waals surface area contributed by atoms with E-state index in [0.717, 1.165) is 23.4 Å². The molecule has 0 aliphatic carbocycles. The minimum atomic E-state index is 0.438. The number of hydrogen-bond acceptors (Lipinski definition) is 5. The Labute approximate surface area is 120 Å². The van der Waals surface area contributed by atoms with Crippen molar-refractivity contribution in [1.82, 2.24) is 19.7 Å². The maximum atomic E-state index is 4.53. The Morgan fingerprint density at radius 2 is 2.30 bits per heavy atom. The molecule has 0 saturated carbocycles. The van der Waals surface area contributed by atoms with Crippen LogP contribution < -0.4 is 4.90 Å². The van der Waals surface area contributed by atoms with Crippen LogP contribution in [0.3, 0.4) is 0 Å². The highest BCUT2D eigenvalue weighted by atomic mass is 32.1. The number of aromatic nitrogens is 4. The molecule has 0 amide bonds. The lowest BCUT2D eigenvalue weighted by atomic mass is 10.2. The topological polar surface area (TPSA) is 46.8 Å². The summed E-state index contributed by atoms with van der Waals surface area (Å²) in [6, 6.07) is 4.78. The molecule has 3 aromatic rings. The van der Waals surface area contributed by atoms with Crippen molar-refractivity contribution in [2.75, 3.05) is 11.4 Å². The van der Waals surface area contributed by atoms with E-state index >= 15 is 0 Å². The lowest BCUT2D eigenvalue weighted by molar-refractivity contribution is 0.726. The van der Waals surface area contributed by atoms with Crippen molar-refractivity contribution in [1.29, 1.82) is 0 Å². The van der Waals surface area contributed by atoms with E-state index in [0.29, 0.717) is 6.04 Å². The summed E-state index contributed by atoms with van der Waals surface area (Å²) in [7, 11) is 1.92. The van der Waals surface area contributed by atoms with E-state index in [1.807, 2.05) is 24.6 Å². The minimum absolute atomic E-state index is 0.438. The highest BCUT2D eigenvalue weighted by Crippen LogP contribution is 2.39. The molecule has 1 saturated heterocycles. The molecule has 0 radical (unpaired) electrons. The van der Waals surface area contributed by atoms with Crippen molar-refractivity contribution >= 4 is 28.2 Å². The summed E-state index contributed by atoms with van der Waals surface area (Å²) in [5, 5.41) is 7.49. The normalized spacial score (nSPS) is 19.1. The third-order valence-electron chi connectivity index (χ3n) is 3.90. The number of nitrogens with zero attached hydrogens (tertiary/aromatic N) is 5. The number of aryl methyl sites for hydroxylation is 1. The van der Waals surface area contributed by atoms with Crippen LogP contribution in [0.15, 0.2) is 30.0 Å². The molecule has 3 aromatic heterocycles. The molecule has 6 heteroatoms. The highest BCUT2D eigenvalue weighted by Gasteiger charge is 2.29. The van der Waals surface area contributed by atoms with Crippen molar-refractivity contribution in [2.45, 2.75) is 18.9 Å². The fourth-order valence-corrected chi connectivity index (χ4v) is 3.85. The first-order valence-electron chi connectivity index (χ1n) is 6.77. The van der Waals surface area contributed by atoms with E-state index < -0.39 is 0 Å². The van der Waals surface area contributed by atoms with Gasteiger partial charge < -0.3 is 4.90 Å². The van der Waals surface area contributed by atoms with Crippen molar-refractivity contribution in [2.24, 2.45) is 7.05 Å². The van der Waals surface area contributed by atoms with Crippen LogP contribution in [-0.4, -0.2) is 26.3 Å². The average molecular weight is 285 g/mol. The van der Waals surface area contributed by atoms with Gasteiger partial charge in [0.1, 0.15) is 12.1 Å². The molecule has 0 unspecified atom stereocenters. The van der Waals surface area contributed by atoms with Crippen LogP contribution in [0.4, 0.5) is 5.82 Å². The fourth-order valence-electron chi connectivity index (χ4n) is 2.98. The molecule has 0 aromatic carbocycles. The molecule has 1 aliphatic rings. The van der Waals surface area contributed by atoms with Crippen LogP contribution in [0, 0.1) is 0 Å². The van der Waals surface area contributed by atoms with Gasteiger partial charge in [0.15, 0.2) is 5.65 Å². The van der Waals surface area contributed by atoms with Crippen LogP contribution in [0.5, 0.6) is 0 Å². The van der Waals surface area contributed by atoms with Gasteiger partial charge in [0, 0.05) is 18.5 Å². The van der Waals surface area contributed by atoms with E-state index in [9.17, 15) is 0 Å². The minimum Gasteiger partial charge on any atom is -0.348 e. The first-order chi connectivity index (χ1) is 9.84. The Kier molecular flexibility index (Phi) is 2.70. The Morgan fingerprint density at radius 1 is 1.35 bits per heavy atom. The Hall–Kier alpha value is -1.95. The Bertz CT molecular complexity index is 733. The maximum absolute atomic E-state index is 4.53. The molecule has 0 N–H and O–H groups in total. The Morgan fingerprint density at radius 3 is 3.15 bits per heavy atom. The van der Waals surface area contributed by atoms with Crippen LogP contribution in [-0.2, 0) is 7.05 Å². The van der Waals surface area contributed by atoms with Crippen LogP contribution in [0.25, 0.3) is 11.0 Å². The van der Waals surface area contributed by atoms with Gasteiger partial charge in [0.05, 0.1) is 17.6 Å². The van der Waals surface area contributed by atoms with Crippen molar-refractivity contribution in [3.05, 3.63) is 34.9 Å². The predicted octanol–water partition coefficient (Wildman–Crippen LogP) is 2.77. The first-order valence-corrected chi connectivity index (χ1v) is 7.65. The Balaban J connectivity index is 1.82. The summed E-state index contributed by atoms with van der Waals surface area (Å²) < 4.78 is 1.80. The van der Waals surface area contributed by atoms with Gasteiger partial charge in [-0.15, -0.1) is 11.3 Å². The number of anilines is 1. The van der Waals surface area contributed by atoms with Gasteiger partial charge in [0.25, 0.3) is 0 Å². The van der Waals surface area contributed by atoms with Gasteiger partial charge >= 0.3 is 0 Å². The van der Waals surface area contributed by atoms with Gasteiger partial charge in [-0.2, -0.15) is 5.10 Å². The molecule has 1 aliphatic heterocycles. The number of hydrogen-bond donors (Lipinski definition) is 0. The number of rotatable bonds is 2. The average Bonchev–Trinajstić information content (AvgIpc) is 3.18. The molecular weight excluding hydrogens is 270 g/mol. The van der Waals surface area contributed by atoms with E-state index in [1.165, 1.54) is 17.7 Å². The summed E-state index contributed by atoms with van der Waals surface area (Å²) in [4.78, 5) is 12.7. The standard InChI is InChI=1S/C14H15N5S/c1-18-13-10(8-17-18)14(16-9-15-13)19-6-2-4-11(19)12-5-3-7-20-12/h3,5,7-9,11H,2,4,6H2,1H3/t11-/m1/s1. The van der Waals surface area contributed by atoms with Crippen molar-refractivity contribution in [3.63, 3.8) is 0 Å². The van der Waals surface area contributed by atoms with E-state index in [-0.39, 0.29) is 0 Å². The molecule has 4 rings (SSSR count). The van der Waals surface area contributed by atoms with Crippen molar-refractivity contribution in [3.8, 4) is 0 Å². The summed E-state index contributed by atoms with van der Waals surface area (Å²) in [5.74, 6) is 1.01. The number of fused-ring (bicyclic) bond motifs is 1. The monoisotopic (exact) mass is 285 g/mol. The zero-order valence-electron chi connectivity index (χ0n) is 11.2. The lowest BCUT2D eigenvalue weighted by Gasteiger charge is -2.25. The van der Waals surface area contributed by atoms with Gasteiger partial charge in [-0.05, 0) is 24.3 Å². The summed E-state index contributed by atoms with van der Waals surface area (Å²) in [6.07, 6.45) is 5.90. The smallest absolute Gasteiger partial charge is 0.163 e. The van der Waals surface area contributed by atoms with Crippen LogP contribution in [0.1, 0.15) is 23.8 Å². The van der Waals surface area contributed by atoms with Crippen LogP contribution in [0.2, 0.25) is 0 Å². The van der Waals surface area contributed by atoms with Gasteiger partial charge in [0.2, 0.25) is 0 Å². The maximum Gasteiger partial charge on any atom is 0.163 e. The van der Waals surface area contributed by atoms with E-state index in [1.54, 1.807) is 11.0 Å². The molecule has 1 atom stereocenters. The second-order valence-corrected chi connectivity index (χ2v) is 6.05. The highest BCUT2D eigenvalue weighted by molar-refractivity contribution is 7.10. The third kappa shape index (κ3) is 1.71. The molecule has 1 fully saturated rings. The second-order valence-electron chi connectivity index (χ2n) is 5.07. The molecule has 0 bridgehead atoms. The van der Waals surface area contributed by atoms with Crippen LogP contribution >= 0.6 is 11.3 Å². The van der Waals surface area contributed by atoms with Crippen molar-refractivity contribution < 1.29 is 0 Å². The predicted molar refractivity (Wildman–Crippen MR) is 79.9 cm³/mol.